The third-order valence-corrected chi connectivity index (χ3v) is 20.6. The van der Waals surface area contributed by atoms with Crippen molar-refractivity contribution in [3.8, 4) is 0 Å². The molecule has 0 bridgehead atoms. The summed E-state index contributed by atoms with van der Waals surface area (Å²) in [7, 11) is -8.40. The molecule has 2 atom stereocenters. The van der Waals surface area contributed by atoms with Gasteiger partial charge in [-0.05, 0) is 70.3 Å². The van der Waals surface area contributed by atoms with Gasteiger partial charge in [-0.1, -0.05) is 19.8 Å². The minimum atomic E-state index is -4.18. The maximum Gasteiger partial charge on any atom is 0.391 e. The predicted octanol–water partition coefficient (Wildman–Crippen LogP) is 6.86. The van der Waals surface area contributed by atoms with Crippen LogP contribution in [0, 0.1) is 0 Å². The highest BCUT2D eigenvalue weighted by molar-refractivity contribution is 6.86. The summed E-state index contributed by atoms with van der Waals surface area (Å²) < 4.78 is 78.4. The van der Waals surface area contributed by atoms with Crippen LogP contribution in [-0.2, 0) is 21.8 Å². The fourth-order valence-electron chi connectivity index (χ4n) is 3.70. The van der Waals surface area contributed by atoms with Crippen molar-refractivity contribution < 1.29 is 39.4 Å². The summed E-state index contributed by atoms with van der Waals surface area (Å²) in [5, 5.41) is 0. The van der Waals surface area contributed by atoms with Crippen LogP contribution in [0.15, 0.2) is 0 Å². The van der Waals surface area contributed by atoms with Gasteiger partial charge < -0.3 is 21.8 Å². The van der Waals surface area contributed by atoms with Gasteiger partial charge in [0.2, 0.25) is 0 Å². The van der Waals surface area contributed by atoms with Crippen LogP contribution in [0.25, 0.3) is 0 Å². The van der Waals surface area contributed by atoms with Crippen LogP contribution >= 0.6 is 0 Å². The Morgan fingerprint density at radius 1 is 0.758 bits per heavy atom. The summed E-state index contributed by atoms with van der Waals surface area (Å²) in [6.07, 6.45) is -1.56. The molecule has 0 aromatic heterocycles. The zero-order valence-corrected chi connectivity index (χ0v) is 25.8. The molecule has 0 aliphatic rings. The van der Waals surface area contributed by atoms with Crippen LogP contribution in [0.4, 0.5) is 17.6 Å². The number of unbranched alkanes of at least 4 members (excludes halogenated alkanes) is 1. The fraction of sp³-hybridized carbons (Fsp3) is 1.00. The van der Waals surface area contributed by atoms with E-state index in [9.17, 15) is 17.6 Å². The molecule has 0 radical (unpaired) electrons. The second-order valence-corrected chi connectivity index (χ2v) is 24.5. The Bertz CT molecular complexity index is 515. The van der Waals surface area contributed by atoms with Gasteiger partial charge in [-0.15, -0.1) is 0 Å². The molecule has 0 aromatic rings. The Labute approximate surface area is 203 Å². The summed E-state index contributed by atoms with van der Waals surface area (Å²) in [4.78, 5) is 0. The molecule has 0 rings (SSSR count). The molecule has 0 aliphatic heterocycles. The maximum atomic E-state index is 12.2. The lowest BCUT2D eigenvalue weighted by Crippen LogP contribution is -2.53. The van der Waals surface area contributed by atoms with Crippen LogP contribution in [0.3, 0.4) is 0 Å². The Kier molecular flexibility index (Phi) is 16.4. The van der Waals surface area contributed by atoms with Gasteiger partial charge in [0.15, 0.2) is 23.5 Å². The first kappa shape index (κ1) is 33.4. The Morgan fingerprint density at radius 2 is 1.33 bits per heavy atom. The lowest BCUT2D eigenvalue weighted by molar-refractivity contribution is -0.145. The summed E-state index contributed by atoms with van der Waals surface area (Å²) in [5.41, 5.74) is 0. The van der Waals surface area contributed by atoms with Gasteiger partial charge in [0.05, 0.1) is 13.0 Å². The van der Waals surface area contributed by atoms with Gasteiger partial charge in [-0.25, -0.2) is 4.39 Å². The monoisotopic (exact) mass is 554 g/mol. The van der Waals surface area contributed by atoms with E-state index in [2.05, 4.69) is 46.2 Å². The topological polar surface area (TPSA) is 46.2 Å². The Hall–Kier alpha value is 0.388. The fourth-order valence-corrected chi connectivity index (χ4v) is 20.8. The lowest BCUT2D eigenvalue weighted by atomic mass is 10.4. The quantitative estimate of drug-likeness (QED) is 0.0934. The van der Waals surface area contributed by atoms with E-state index in [0.29, 0.717) is 19.6 Å². The minimum Gasteiger partial charge on any atom is -0.439 e. The van der Waals surface area contributed by atoms with E-state index in [1.165, 1.54) is 0 Å². The van der Waals surface area contributed by atoms with Crippen molar-refractivity contribution in [2.24, 2.45) is 0 Å². The second kappa shape index (κ2) is 16.2. The van der Waals surface area contributed by atoms with Gasteiger partial charge in [0.25, 0.3) is 9.28 Å². The van der Waals surface area contributed by atoms with E-state index in [1.807, 2.05) is 0 Å². The summed E-state index contributed by atoms with van der Waals surface area (Å²) in [6, 6.07) is 2.59. The first-order valence-corrected chi connectivity index (χ1v) is 22.8. The smallest absolute Gasteiger partial charge is 0.391 e. The molecule has 0 spiro atoms. The average molecular weight is 555 g/mol. The summed E-state index contributed by atoms with van der Waals surface area (Å²) in [5.74, 6) is 0. The second-order valence-electron chi connectivity index (χ2n) is 9.86. The predicted molar refractivity (Wildman–Crippen MR) is 135 cm³/mol. The van der Waals surface area contributed by atoms with Crippen LogP contribution in [-0.4, -0.2) is 67.3 Å². The highest BCUT2D eigenvalue weighted by Gasteiger charge is 2.40. The number of hydrogen-bond acceptors (Lipinski definition) is 5. The van der Waals surface area contributed by atoms with E-state index in [0.717, 1.165) is 37.4 Å². The van der Waals surface area contributed by atoms with Crippen molar-refractivity contribution in [1.29, 1.82) is 0 Å². The van der Waals surface area contributed by atoms with Crippen LogP contribution in [0.2, 0.25) is 57.4 Å². The molecule has 33 heavy (non-hydrogen) atoms. The normalized spacial score (nSPS) is 16.1. The molecule has 0 saturated carbocycles. The van der Waals surface area contributed by atoms with Crippen molar-refractivity contribution in [1.82, 2.24) is 0 Å². The molecule has 13 heteroatoms. The van der Waals surface area contributed by atoms with E-state index >= 15 is 0 Å². The number of rotatable bonds is 20. The number of hydrogen-bond donors (Lipinski definition) is 0. The third-order valence-electron chi connectivity index (χ3n) is 5.12. The molecule has 0 heterocycles. The van der Waals surface area contributed by atoms with E-state index in [-0.39, 0.29) is 6.61 Å². The number of alkyl halides is 4. The van der Waals surface area contributed by atoms with Crippen molar-refractivity contribution in [2.45, 2.75) is 103 Å². The largest absolute Gasteiger partial charge is 0.439 e. The van der Waals surface area contributed by atoms with Gasteiger partial charge in [-0.3, -0.25) is 0 Å². The van der Waals surface area contributed by atoms with Crippen LogP contribution in [0.5, 0.6) is 0 Å². The molecular formula is C20H46F4O5Si4. The maximum absolute atomic E-state index is 12.2. The van der Waals surface area contributed by atoms with E-state index < -0.39 is 53.9 Å². The van der Waals surface area contributed by atoms with Crippen molar-refractivity contribution in [3.05, 3.63) is 0 Å². The van der Waals surface area contributed by atoms with Crippen molar-refractivity contribution in [2.75, 3.05) is 26.7 Å². The van der Waals surface area contributed by atoms with Gasteiger partial charge in [0.1, 0.15) is 0 Å². The molecule has 0 amide bonds. The SMILES string of the molecule is CCCC[Si](C)(O[SiH](C)O[Si](C)(C)CCCOCF)O[Si](C)(C)CCCOCCC(F)(F)F. The molecule has 0 N–H and O–H groups in total. The molecule has 200 valence electrons. The molecule has 5 nitrogen and oxygen atoms in total. The van der Waals surface area contributed by atoms with Crippen molar-refractivity contribution >= 4 is 34.5 Å². The standard InChI is InChI=1S/C20H46F4O5Si4/c1-8-9-18-33(7,28-30(2)27-31(3,4)16-11-14-26-19-21)29-32(5,6)17-10-13-25-15-12-20(22,23)24/h30H,8-19H2,1-7H3. The highest BCUT2D eigenvalue weighted by atomic mass is 28.5. The zero-order chi connectivity index (χ0) is 25.6. The van der Waals surface area contributed by atoms with Crippen molar-refractivity contribution in [3.63, 3.8) is 0 Å². The third kappa shape index (κ3) is 19.3. The van der Waals surface area contributed by atoms with Gasteiger partial charge >= 0.3 is 14.7 Å². The first-order valence-electron chi connectivity index (χ1n) is 12.0. The highest BCUT2D eigenvalue weighted by Crippen LogP contribution is 2.27. The Balaban J connectivity index is 4.72. The summed E-state index contributed by atoms with van der Waals surface area (Å²) >= 11 is 0. The lowest BCUT2D eigenvalue weighted by Gasteiger charge is -2.39. The van der Waals surface area contributed by atoms with E-state index in [4.69, 9.17) is 21.8 Å². The minimum absolute atomic E-state index is 0.293. The molecular weight excluding hydrogens is 509 g/mol. The van der Waals surface area contributed by atoms with E-state index in [1.54, 1.807) is 0 Å². The van der Waals surface area contributed by atoms with Crippen LogP contribution in [0.1, 0.15) is 39.0 Å². The average Bonchev–Trinajstić information content (AvgIpc) is 2.64. The molecule has 0 aliphatic carbocycles. The van der Waals surface area contributed by atoms with Crippen LogP contribution < -0.4 is 0 Å². The summed E-state index contributed by atoms with van der Waals surface area (Å²) in [6.45, 7) is 14.6. The first-order chi connectivity index (χ1) is 15.1. The molecule has 2 unspecified atom stereocenters. The number of halogens is 4. The number of ether oxygens (including phenoxy) is 2. The van der Waals surface area contributed by atoms with Gasteiger partial charge in [0, 0.05) is 13.2 Å². The molecule has 0 saturated heterocycles. The molecule has 0 fully saturated rings. The zero-order valence-electron chi connectivity index (χ0n) is 21.6. The molecule has 0 aromatic carbocycles. The Morgan fingerprint density at radius 3 is 1.88 bits per heavy atom. The van der Waals surface area contributed by atoms with Gasteiger partial charge in [-0.2, -0.15) is 13.2 Å².